The maximum absolute atomic E-state index is 12.2. The maximum atomic E-state index is 12.2. The largest absolute Gasteiger partial charge is 0.497 e. The van der Waals surface area contributed by atoms with Crippen molar-refractivity contribution in [2.45, 2.75) is 6.92 Å². The lowest BCUT2D eigenvalue weighted by Crippen LogP contribution is -2.15. The van der Waals surface area contributed by atoms with Gasteiger partial charge >= 0.3 is 0 Å². The zero-order valence-electron chi connectivity index (χ0n) is 11.1. The molecular formula is C16H13ClO3. The van der Waals surface area contributed by atoms with E-state index in [1.54, 1.807) is 36.4 Å². The van der Waals surface area contributed by atoms with Crippen molar-refractivity contribution in [1.82, 2.24) is 0 Å². The Morgan fingerprint density at radius 2 is 1.80 bits per heavy atom. The van der Waals surface area contributed by atoms with E-state index in [0.29, 0.717) is 5.75 Å². The van der Waals surface area contributed by atoms with Crippen LogP contribution in [0.4, 0.5) is 0 Å². The van der Waals surface area contributed by atoms with E-state index in [-0.39, 0.29) is 16.1 Å². The van der Waals surface area contributed by atoms with Crippen molar-refractivity contribution in [3.63, 3.8) is 0 Å². The molecule has 2 aromatic carbocycles. The van der Waals surface area contributed by atoms with Crippen LogP contribution < -0.4 is 4.74 Å². The van der Waals surface area contributed by atoms with E-state index < -0.39 is 11.6 Å². The summed E-state index contributed by atoms with van der Waals surface area (Å²) in [7, 11) is 1.50. The molecule has 2 rings (SSSR count). The number of ketones is 2. The highest BCUT2D eigenvalue weighted by atomic mass is 35.5. The Morgan fingerprint density at radius 1 is 1.05 bits per heavy atom. The summed E-state index contributed by atoms with van der Waals surface area (Å²) < 4.78 is 5.04. The lowest BCUT2D eigenvalue weighted by molar-refractivity contribution is 0.0817. The molecule has 102 valence electrons. The standard InChI is InChI=1S/C16H13ClO3/c1-10-6-7-13(14(17)8-10)16(19)15(18)11-4-3-5-12(9-11)20-2/h3-9H,1-2H3. The van der Waals surface area contributed by atoms with Crippen LogP contribution in [0, 0.1) is 6.92 Å². The van der Waals surface area contributed by atoms with Crippen molar-refractivity contribution >= 4 is 23.2 Å². The molecule has 0 atom stereocenters. The summed E-state index contributed by atoms with van der Waals surface area (Å²) in [5.41, 5.74) is 1.43. The first-order valence-corrected chi connectivity index (χ1v) is 6.40. The average Bonchev–Trinajstić information content (AvgIpc) is 2.46. The molecule has 0 heterocycles. The predicted molar refractivity (Wildman–Crippen MR) is 77.8 cm³/mol. The number of hydrogen-bond donors (Lipinski definition) is 0. The van der Waals surface area contributed by atoms with Gasteiger partial charge in [0.1, 0.15) is 5.75 Å². The molecule has 3 nitrogen and oxygen atoms in total. The number of carbonyl (C=O) groups excluding carboxylic acids is 2. The summed E-state index contributed by atoms with van der Waals surface area (Å²) in [4.78, 5) is 24.4. The van der Waals surface area contributed by atoms with Crippen molar-refractivity contribution < 1.29 is 14.3 Å². The van der Waals surface area contributed by atoms with E-state index in [1.807, 2.05) is 6.92 Å². The summed E-state index contributed by atoms with van der Waals surface area (Å²) in [5.74, 6) is -0.698. The normalized spacial score (nSPS) is 10.2. The van der Waals surface area contributed by atoms with E-state index in [0.717, 1.165) is 5.56 Å². The molecule has 0 fully saturated rings. The maximum Gasteiger partial charge on any atom is 0.235 e. The van der Waals surface area contributed by atoms with Crippen molar-refractivity contribution in [2.24, 2.45) is 0 Å². The third kappa shape index (κ3) is 2.89. The highest BCUT2D eigenvalue weighted by Gasteiger charge is 2.21. The van der Waals surface area contributed by atoms with E-state index in [2.05, 4.69) is 0 Å². The summed E-state index contributed by atoms with van der Waals surface area (Å²) in [6, 6.07) is 11.5. The number of benzene rings is 2. The first-order valence-electron chi connectivity index (χ1n) is 6.02. The van der Waals surface area contributed by atoms with Gasteiger partial charge in [-0.25, -0.2) is 0 Å². The average molecular weight is 289 g/mol. The first kappa shape index (κ1) is 14.3. The zero-order chi connectivity index (χ0) is 14.7. The fraction of sp³-hybridized carbons (Fsp3) is 0.125. The number of Topliss-reactive ketones (excluding diaryl/α,β-unsaturated/α-hetero) is 2. The van der Waals surface area contributed by atoms with Gasteiger partial charge in [0.15, 0.2) is 0 Å². The van der Waals surface area contributed by atoms with Gasteiger partial charge in [0, 0.05) is 11.1 Å². The molecule has 0 radical (unpaired) electrons. The molecule has 0 aromatic heterocycles. The molecule has 0 unspecified atom stereocenters. The highest BCUT2D eigenvalue weighted by Crippen LogP contribution is 2.21. The van der Waals surface area contributed by atoms with Crippen LogP contribution in [0.1, 0.15) is 26.3 Å². The van der Waals surface area contributed by atoms with Crippen LogP contribution in [0.3, 0.4) is 0 Å². The number of aryl methyl sites for hydroxylation is 1. The van der Waals surface area contributed by atoms with Crippen molar-refractivity contribution in [3.8, 4) is 5.75 Å². The minimum Gasteiger partial charge on any atom is -0.497 e. The fourth-order valence-electron chi connectivity index (χ4n) is 1.82. The van der Waals surface area contributed by atoms with Crippen LogP contribution >= 0.6 is 11.6 Å². The topological polar surface area (TPSA) is 43.4 Å². The summed E-state index contributed by atoms with van der Waals surface area (Å²) in [5, 5.41) is 0.284. The second kappa shape index (κ2) is 5.88. The quantitative estimate of drug-likeness (QED) is 0.636. The van der Waals surface area contributed by atoms with Gasteiger partial charge in [-0.3, -0.25) is 9.59 Å². The monoisotopic (exact) mass is 288 g/mol. The third-order valence-electron chi connectivity index (χ3n) is 2.91. The molecule has 4 heteroatoms. The molecule has 0 amide bonds. The van der Waals surface area contributed by atoms with Crippen molar-refractivity contribution in [1.29, 1.82) is 0 Å². The molecule has 0 N–H and O–H groups in total. The number of halogens is 1. The van der Waals surface area contributed by atoms with Gasteiger partial charge < -0.3 is 4.74 Å². The van der Waals surface area contributed by atoms with E-state index in [9.17, 15) is 9.59 Å². The predicted octanol–water partition coefficient (Wildman–Crippen LogP) is 3.72. The molecule has 0 saturated carbocycles. The van der Waals surface area contributed by atoms with Crippen molar-refractivity contribution in [3.05, 3.63) is 64.2 Å². The van der Waals surface area contributed by atoms with Crippen LogP contribution in [0.15, 0.2) is 42.5 Å². The van der Waals surface area contributed by atoms with Gasteiger partial charge in [-0.05, 0) is 36.8 Å². The molecule has 0 spiro atoms. The minimum absolute atomic E-state index is 0.213. The Balaban J connectivity index is 2.35. The molecule has 20 heavy (non-hydrogen) atoms. The molecule has 0 aliphatic heterocycles. The number of hydrogen-bond acceptors (Lipinski definition) is 3. The molecule has 2 aromatic rings. The Kier molecular flexibility index (Phi) is 4.20. The highest BCUT2D eigenvalue weighted by molar-refractivity contribution is 6.51. The van der Waals surface area contributed by atoms with Gasteiger partial charge in [-0.15, -0.1) is 0 Å². The number of carbonyl (C=O) groups is 2. The van der Waals surface area contributed by atoms with Crippen LogP contribution in [0.2, 0.25) is 5.02 Å². The van der Waals surface area contributed by atoms with E-state index in [4.69, 9.17) is 16.3 Å². The van der Waals surface area contributed by atoms with Crippen LogP contribution in [0.25, 0.3) is 0 Å². The number of rotatable bonds is 4. The number of ether oxygens (including phenoxy) is 1. The zero-order valence-corrected chi connectivity index (χ0v) is 11.9. The second-order valence-electron chi connectivity index (χ2n) is 4.37. The molecule has 0 bridgehead atoms. The minimum atomic E-state index is -0.622. The summed E-state index contributed by atoms with van der Waals surface area (Å²) in [6.45, 7) is 1.87. The third-order valence-corrected chi connectivity index (χ3v) is 3.22. The molecule has 0 saturated heterocycles. The Labute approximate surface area is 122 Å². The number of methoxy groups -OCH3 is 1. The van der Waals surface area contributed by atoms with E-state index >= 15 is 0 Å². The van der Waals surface area contributed by atoms with Crippen LogP contribution in [-0.4, -0.2) is 18.7 Å². The first-order chi connectivity index (χ1) is 9.52. The van der Waals surface area contributed by atoms with Gasteiger partial charge in [0.25, 0.3) is 0 Å². The summed E-state index contributed by atoms with van der Waals surface area (Å²) >= 11 is 6.02. The molecular weight excluding hydrogens is 276 g/mol. The molecule has 0 aliphatic carbocycles. The summed E-state index contributed by atoms with van der Waals surface area (Å²) in [6.07, 6.45) is 0. The van der Waals surface area contributed by atoms with E-state index in [1.165, 1.54) is 13.2 Å². The van der Waals surface area contributed by atoms with Crippen LogP contribution in [-0.2, 0) is 0 Å². The molecule has 0 aliphatic rings. The fourth-order valence-corrected chi connectivity index (χ4v) is 2.14. The van der Waals surface area contributed by atoms with Crippen molar-refractivity contribution in [2.75, 3.05) is 7.11 Å². The van der Waals surface area contributed by atoms with Crippen LogP contribution in [0.5, 0.6) is 5.75 Å². The lowest BCUT2D eigenvalue weighted by Gasteiger charge is -2.05. The SMILES string of the molecule is COc1cccc(C(=O)C(=O)c2ccc(C)cc2Cl)c1. The van der Waals surface area contributed by atoms with Gasteiger partial charge in [-0.1, -0.05) is 29.8 Å². The lowest BCUT2D eigenvalue weighted by atomic mass is 10.0. The Morgan fingerprint density at radius 3 is 2.45 bits per heavy atom. The van der Waals surface area contributed by atoms with Gasteiger partial charge in [0.2, 0.25) is 11.6 Å². The smallest absolute Gasteiger partial charge is 0.235 e. The van der Waals surface area contributed by atoms with Gasteiger partial charge in [0.05, 0.1) is 12.1 Å². The Bertz CT molecular complexity index is 677. The second-order valence-corrected chi connectivity index (χ2v) is 4.78. The van der Waals surface area contributed by atoms with Gasteiger partial charge in [-0.2, -0.15) is 0 Å². The Hall–Kier alpha value is -2.13.